The fourth-order valence-corrected chi connectivity index (χ4v) is 1.37. The molecule has 0 saturated carbocycles. The van der Waals surface area contributed by atoms with Crippen molar-refractivity contribution in [3.63, 3.8) is 0 Å². The minimum absolute atomic E-state index is 0.0544. The van der Waals surface area contributed by atoms with E-state index in [9.17, 15) is 9.18 Å². The van der Waals surface area contributed by atoms with E-state index >= 15 is 0 Å². The Hall–Kier alpha value is -2.76. The minimum atomic E-state index is -0.773. The van der Waals surface area contributed by atoms with Crippen molar-refractivity contribution in [2.24, 2.45) is 10.9 Å². The van der Waals surface area contributed by atoms with Crippen molar-refractivity contribution in [1.82, 2.24) is 0 Å². The smallest absolute Gasteiger partial charge is 0.365 e. The van der Waals surface area contributed by atoms with Gasteiger partial charge in [0.05, 0.1) is 5.56 Å². The van der Waals surface area contributed by atoms with Crippen LogP contribution >= 0.6 is 0 Å². The van der Waals surface area contributed by atoms with Gasteiger partial charge in [-0.05, 0) is 18.2 Å². The van der Waals surface area contributed by atoms with Crippen LogP contribution in [0.3, 0.4) is 0 Å². The molecule has 0 fully saturated rings. The highest BCUT2D eigenvalue weighted by atomic mass is 19.1. The topological polar surface area (TPSA) is 78.8 Å². The van der Waals surface area contributed by atoms with Crippen LogP contribution in [0.4, 0.5) is 4.39 Å². The monoisotopic (exact) mass is 260 g/mol. The zero-order valence-electron chi connectivity index (χ0n) is 9.84. The Morgan fingerprint density at radius 1 is 1.21 bits per heavy atom. The Labute approximate surface area is 108 Å². The first kappa shape index (κ1) is 12.7. The lowest BCUT2D eigenvalue weighted by atomic mass is 10.2. The number of rotatable bonds is 3. The number of benzene rings is 1. The quantitative estimate of drug-likeness (QED) is 0.388. The molecule has 0 bridgehead atoms. The third-order valence-corrected chi connectivity index (χ3v) is 2.30. The molecule has 0 atom stereocenters. The van der Waals surface area contributed by atoms with Gasteiger partial charge in [0.15, 0.2) is 18.2 Å². The van der Waals surface area contributed by atoms with E-state index in [1.807, 2.05) is 0 Å². The average Bonchev–Trinajstić information content (AvgIpc) is 2.45. The molecule has 2 rings (SSSR count). The second-order valence-corrected chi connectivity index (χ2v) is 3.65. The van der Waals surface area contributed by atoms with Gasteiger partial charge in [-0.25, -0.2) is 14.2 Å². The summed E-state index contributed by atoms with van der Waals surface area (Å²) in [7, 11) is 0. The summed E-state index contributed by atoms with van der Waals surface area (Å²) in [6, 6.07) is 8.48. The van der Waals surface area contributed by atoms with Crippen molar-refractivity contribution in [3.8, 4) is 0 Å². The molecule has 5 nitrogen and oxygen atoms in total. The Kier molecular flexibility index (Phi) is 3.82. The minimum Gasteiger partial charge on any atom is -0.380 e. The second-order valence-electron chi connectivity index (χ2n) is 3.65. The highest BCUT2D eigenvalue weighted by molar-refractivity contribution is 5.97. The van der Waals surface area contributed by atoms with Gasteiger partial charge in [0.1, 0.15) is 5.82 Å². The number of halogens is 1. The van der Waals surface area contributed by atoms with Gasteiger partial charge in [0, 0.05) is 17.7 Å². The highest BCUT2D eigenvalue weighted by Crippen LogP contribution is 2.05. The van der Waals surface area contributed by atoms with E-state index in [0.717, 1.165) is 6.07 Å². The maximum atomic E-state index is 12.9. The summed E-state index contributed by atoms with van der Waals surface area (Å²) < 4.78 is 12.9. The molecule has 96 valence electrons. The normalized spacial score (nSPS) is 11.1. The van der Waals surface area contributed by atoms with E-state index in [4.69, 9.17) is 5.73 Å². The van der Waals surface area contributed by atoms with E-state index in [2.05, 4.69) is 15.0 Å². The van der Waals surface area contributed by atoms with Gasteiger partial charge in [0.25, 0.3) is 0 Å². The Balaban J connectivity index is 2.08. The van der Waals surface area contributed by atoms with E-state index < -0.39 is 11.8 Å². The molecule has 0 aliphatic carbocycles. The highest BCUT2D eigenvalue weighted by Gasteiger charge is 2.08. The van der Waals surface area contributed by atoms with Gasteiger partial charge >= 0.3 is 5.97 Å². The van der Waals surface area contributed by atoms with Crippen LogP contribution in [-0.2, 0) is 4.84 Å². The molecule has 1 aromatic carbocycles. The van der Waals surface area contributed by atoms with Crippen LogP contribution in [0.15, 0.2) is 53.9 Å². The Morgan fingerprint density at radius 2 is 1.95 bits per heavy atom. The molecule has 0 radical (unpaired) electrons. The van der Waals surface area contributed by atoms with Gasteiger partial charge in [-0.3, -0.25) is 0 Å². The van der Waals surface area contributed by atoms with E-state index in [0.29, 0.717) is 5.56 Å². The first-order valence-electron chi connectivity index (χ1n) is 5.43. The summed E-state index contributed by atoms with van der Waals surface area (Å²) in [5.74, 6) is -1.24. The molecule has 1 heterocycles. The van der Waals surface area contributed by atoms with Crippen molar-refractivity contribution in [3.05, 3.63) is 65.7 Å². The second kappa shape index (κ2) is 5.72. The predicted molar refractivity (Wildman–Crippen MR) is 65.5 cm³/mol. The first-order valence-corrected chi connectivity index (χ1v) is 5.43. The van der Waals surface area contributed by atoms with Gasteiger partial charge in [-0.2, -0.15) is 0 Å². The number of hydrogen-bond acceptors (Lipinski definition) is 3. The SMILES string of the molecule is NC(=NOC(=O)c1cccc(F)c1)c1cc[nH+]cc1. The molecule has 2 aromatic rings. The van der Waals surface area contributed by atoms with Crippen LogP contribution in [0, 0.1) is 5.82 Å². The lowest BCUT2D eigenvalue weighted by Crippen LogP contribution is -2.16. The van der Waals surface area contributed by atoms with Gasteiger partial charge in [-0.1, -0.05) is 11.2 Å². The number of aromatic amines is 1. The summed E-state index contributed by atoms with van der Waals surface area (Å²) in [6.45, 7) is 0. The molecule has 0 aliphatic heterocycles. The molecular weight excluding hydrogens is 249 g/mol. The van der Waals surface area contributed by atoms with Crippen molar-refractivity contribution >= 4 is 11.8 Å². The van der Waals surface area contributed by atoms with E-state index in [1.54, 1.807) is 24.5 Å². The molecule has 0 unspecified atom stereocenters. The number of nitrogens with zero attached hydrogens (tertiary/aromatic N) is 1. The summed E-state index contributed by atoms with van der Waals surface area (Å²) in [6.07, 6.45) is 3.32. The van der Waals surface area contributed by atoms with Crippen LogP contribution in [0.2, 0.25) is 0 Å². The first-order chi connectivity index (χ1) is 9.16. The van der Waals surface area contributed by atoms with Crippen LogP contribution in [0.5, 0.6) is 0 Å². The van der Waals surface area contributed by atoms with Crippen molar-refractivity contribution < 1.29 is 19.0 Å². The zero-order valence-corrected chi connectivity index (χ0v) is 9.84. The third kappa shape index (κ3) is 3.35. The van der Waals surface area contributed by atoms with Crippen LogP contribution < -0.4 is 10.7 Å². The Morgan fingerprint density at radius 3 is 2.63 bits per heavy atom. The number of carbonyl (C=O) groups is 1. The molecular formula is C13H11FN3O2+. The van der Waals surface area contributed by atoms with Crippen LogP contribution in [-0.4, -0.2) is 11.8 Å². The Bertz CT molecular complexity index is 614. The van der Waals surface area contributed by atoms with Crippen LogP contribution in [0.1, 0.15) is 15.9 Å². The number of pyridine rings is 1. The lowest BCUT2D eigenvalue weighted by molar-refractivity contribution is -0.378. The molecule has 6 heteroatoms. The summed E-state index contributed by atoms with van der Waals surface area (Å²) in [5, 5.41) is 3.51. The molecule has 0 spiro atoms. The molecule has 0 aliphatic rings. The fourth-order valence-electron chi connectivity index (χ4n) is 1.37. The predicted octanol–water partition coefficient (Wildman–Crippen LogP) is 1.12. The summed E-state index contributed by atoms with van der Waals surface area (Å²) in [4.78, 5) is 19.0. The van der Waals surface area contributed by atoms with E-state index in [1.165, 1.54) is 18.2 Å². The number of nitrogens with two attached hydrogens (primary N) is 1. The number of aromatic nitrogens is 1. The average molecular weight is 260 g/mol. The number of carbonyl (C=O) groups excluding carboxylic acids is 1. The number of oxime groups is 1. The lowest BCUT2D eigenvalue weighted by Gasteiger charge is -2.00. The van der Waals surface area contributed by atoms with Crippen molar-refractivity contribution in [2.45, 2.75) is 0 Å². The number of amidine groups is 1. The molecule has 0 saturated heterocycles. The fraction of sp³-hybridized carbons (Fsp3) is 0. The van der Waals surface area contributed by atoms with E-state index in [-0.39, 0.29) is 11.4 Å². The standard InChI is InChI=1S/C13H10FN3O2/c14-11-3-1-2-10(8-11)13(18)19-17-12(15)9-4-6-16-7-5-9/h1-8H,(H2,15,17)/p+1. The summed E-state index contributed by atoms with van der Waals surface area (Å²) in [5.41, 5.74) is 6.31. The molecule has 1 aromatic heterocycles. The van der Waals surface area contributed by atoms with Gasteiger partial charge in [0.2, 0.25) is 0 Å². The maximum Gasteiger partial charge on any atom is 0.365 e. The largest absolute Gasteiger partial charge is 0.380 e. The van der Waals surface area contributed by atoms with Gasteiger partial charge < -0.3 is 10.6 Å². The summed E-state index contributed by atoms with van der Waals surface area (Å²) >= 11 is 0. The third-order valence-electron chi connectivity index (χ3n) is 2.30. The van der Waals surface area contributed by atoms with Crippen LogP contribution in [0.25, 0.3) is 0 Å². The number of nitrogens with one attached hydrogen (secondary N) is 1. The van der Waals surface area contributed by atoms with Crippen molar-refractivity contribution in [2.75, 3.05) is 0 Å². The molecule has 19 heavy (non-hydrogen) atoms. The zero-order chi connectivity index (χ0) is 13.7. The van der Waals surface area contributed by atoms with Crippen molar-refractivity contribution in [1.29, 1.82) is 0 Å². The number of hydrogen-bond donors (Lipinski definition) is 1. The molecule has 3 N–H and O–H groups in total. The molecule has 0 amide bonds. The van der Waals surface area contributed by atoms with Gasteiger partial charge in [-0.15, -0.1) is 0 Å². The maximum absolute atomic E-state index is 12.9. The number of H-pyrrole nitrogens is 1.